The number of alkyl carbamates (subject to hydrolysis) is 1. The van der Waals surface area contributed by atoms with Gasteiger partial charge in [0.2, 0.25) is 5.89 Å². The molecule has 3 aromatic carbocycles. The van der Waals surface area contributed by atoms with Gasteiger partial charge in [-0.05, 0) is 60.9 Å². The Morgan fingerprint density at radius 3 is 2.56 bits per heavy atom. The zero-order valence-electron chi connectivity index (χ0n) is 24.9. The van der Waals surface area contributed by atoms with Gasteiger partial charge in [0, 0.05) is 36.4 Å². The largest absolute Gasteiger partial charge is 0.453 e. The first-order chi connectivity index (χ1) is 22.1. The molecule has 0 aliphatic carbocycles. The van der Waals surface area contributed by atoms with E-state index in [1.54, 1.807) is 11.1 Å². The smallest absolute Gasteiger partial charge is 0.407 e. The number of anilines is 1. The van der Waals surface area contributed by atoms with Gasteiger partial charge in [-0.2, -0.15) is 0 Å². The van der Waals surface area contributed by atoms with Crippen molar-refractivity contribution in [1.29, 1.82) is 0 Å². The van der Waals surface area contributed by atoms with E-state index >= 15 is 0 Å². The van der Waals surface area contributed by atoms with Crippen LogP contribution in [0.25, 0.3) is 33.8 Å². The van der Waals surface area contributed by atoms with E-state index in [2.05, 4.69) is 44.5 Å². The molecule has 2 aliphatic heterocycles. The molecule has 2 aliphatic rings. The number of aromatic nitrogens is 3. The molecule has 45 heavy (non-hydrogen) atoms. The molecule has 4 heterocycles. The van der Waals surface area contributed by atoms with Gasteiger partial charge in [0.05, 0.1) is 43.6 Å². The van der Waals surface area contributed by atoms with Gasteiger partial charge >= 0.3 is 6.09 Å². The molecule has 0 saturated carbocycles. The second-order valence-electron chi connectivity index (χ2n) is 11.2. The molecule has 230 valence electrons. The summed E-state index contributed by atoms with van der Waals surface area (Å²) < 4.78 is 16.5. The first-order valence-corrected chi connectivity index (χ1v) is 15.2. The minimum absolute atomic E-state index is 0.208. The van der Waals surface area contributed by atoms with Crippen molar-refractivity contribution in [3.05, 3.63) is 90.4 Å². The number of benzene rings is 3. The van der Waals surface area contributed by atoms with Crippen LogP contribution < -0.4 is 10.2 Å². The number of imidazole rings is 1. The van der Waals surface area contributed by atoms with Crippen LogP contribution in [0.15, 0.2) is 83.4 Å². The minimum Gasteiger partial charge on any atom is -0.453 e. The van der Waals surface area contributed by atoms with Gasteiger partial charge in [-0.15, -0.1) is 0 Å². The van der Waals surface area contributed by atoms with Crippen molar-refractivity contribution in [3.8, 4) is 22.8 Å². The normalized spacial score (nSPS) is 17.4. The molecule has 0 unspecified atom stereocenters. The van der Waals surface area contributed by atoms with Crippen molar-refractivity contribution in [2.24, 2.45) is 0 Å². The zero-order valence-corrected chi connectivity index (χ0v) is 24.9. The molecule has 2 saturated heterocycles. The van der Waals surface area contributed by atoms with Crippen molar-refractivity contribution < 1.29 is 23.5 Å². The highest BCUT2D eigenvalue weighted by Crippen LogP contribution is 2.35. The first kappa shape index (κ1) is 28.6. The van der Waals surface area contributed by atoms with E-state index < -0.39 is 12.1 Å². The molecule has 11 nitrogen and oxygen atoms in total. The van der Waals surface area contributed by atoms with Crippen LogP contribution in [0.2, 0.25) is 0 Å². The Morgan fingerprint density at radius 2 is 1.78 bits per heavy atom. The molecular formula is C34H34N6O5. The van der Waals surface area contributed by atoms with E-state index in [1.807, 2.05) is 48.5 Å². The van der Waals surface area contributed by atoms with Crippen LogP contribution in [0.3, 0.4) is 0 Å². The average Bonchev–Trinajstić information content (AvgIpc) is 3.87. The number of aromatic amines is 1. The first-order valence-electron chi connectivity index (χ1n) is 15.2. The Bertz CT molecular complexity index is 1790. The van der Waals surface area contributed by atoms with E-state index in [4.69, 9.17) is 18.9 Å². The maximum Gasteiger partial charge on any atom is 0.407 e. The topological polar surface area (TPSA) is 126 Å². The van der Waals surface area contributed by atoms with Gasteiger partial charge in [0.1, 0.15) is 11.9 Å². The summed E-state index contributed by atoms with van der Waals surface area (Å²) in [5, 5.41) is 2.71. The number of oxazole rings is 1. The van der Waals surface area contributed by atoms with Crippen LogP contribution in [-0.2, 0) is 14.3 Å². The fourth-order valence-corrected chi connectivity index (χ4v) is 6.11. The summed E-state index contributed by atoms with van der Waals surface area (Å²) in [5.41, 5.74) is 5.23. The van der Waals surface area contributed by atoms with Crippen LogP contribution in [0.5, 0.6) is 0 Å². The number of rotatable bonds is 7. The Labute approximate surface area is 260 Å². The van der Waals surface area contributed by atoms with Crippen LogP contribution >= 0.6 is 0 Å². The van der Waals surface area contributed by atoms with Gasteiger partial charge in [-0.1, -0.05) is 30.3 Å². The number of fused-ring (bicyclic) bond motifs is 1. The highest BCUT2D eigenvalue weighted by molar-refractivity contribution is 5.87. The predicted molar refractivity (Wildman–Crippen MR) is 168 cm³/mol. The summed E-state index contributed by atoms with van der Waals surface area (Å²) in [5.74, 6) is 1.70. The standard InChI is InChI=1S/C34H34N6O5/c1-43-34(42)38-30(23-6-3-2-4-7-23)33(41)40-15-5-8-28(40)31-36-26-14-11-24(20-27(26)37-31)32-35-21-29(45-32)22-9-12-25(13-10-22)39-16-18-44-19-17-39/h2-4,6-7,9-14,20-21,28,30H,5,8,15-19H2,1H3,(H,36,37)(H,38,42)/t28-,30+/m0/s1. The second kappa shape index (κ2) is 12.4. The van der Waals surface area contributed by atoms with Crippen molar-refractivity contribution in [1.82, 2.24) is 25.2 Å². The van der Waals surface area contributed by atoms with Gasteiger partial charge in [-0.25, -0.2) is 14.8 Å². The fourth-order valence-electron chi connectivity index (χ4n) is 6.11. The summed E-state index contributed by atoms with van der Waals surface area (Å²) >= 11 is 0. The summed E-state index contributed by atoms with van der Waals surface area (Å²) in [4.78, 5) is 42.9. The molecule has 2 fully saturated rings. The lowest BCUT2D eigenvalue weighted by molar-refractivity contribution is -0.134. The van der Waals surface area contributed by atoms with Gasteiger partial charge in [-0.3, -0.25) is 4.79 Å². The van der Waals surface area contributed by atoms with Crippen LogP contribution in [-0.4, -0.2) is 71.8 Å². The average molecular weight is 607 g/mol. The highest BCUT2D eigenvalue weighted by atomic mass is 16.5. The number of ether oxygens (including phenoxy) is 2. The number of nitrogens with zero attached hydrogens (tertiary/aromatic N) is 4. The van der Waals surface area contributed by atoms with Gasteiger partial charge in [0.15, 0.2) is 5.76 Å². The Kier molecular flexibility index (Phi) is 7.91. The number of methoxy groups -OCH3 is 1. The number of morpholine rings is 1. The number of carbonyl (C=O) groups excluding carboxylic acids is 2. The van der Waals surface area contributed by atoms with E-state index in [9.17, 15) is 9.59 Å². The van der Waals surface area contributed by atoms with E-state index in [0.717, 1.165) is 61.3 Å². The molecule has 11 heteroatoms. The van der Waals surface area contributed by atoms with Crippen molar-refractivity contribution in [3.63, 3.8) is 0 Å². The summed E-state index contributed by atoms with van der Waals surface area (Å²) in [6, 6.07) is 22.2. The number of nitrogens with one attached hydrogen (secondary N) is 2. The molecule has 0 spiro atoms. The van der Waals surface area contributed by atoms with Crippen LogP contribution in [0.4, 0.5) is 10.5 Å². The number of amides is 2. The monoisotopic (exact) mass is 606 g/mol. The van der Waals surface area contributed by atoms with Gasteiger partial charge < -0.3 is 34.0 Å². The Hall–Kier alpha value is -5.16. The second-order valence-corrected chi connectivity index (χ2v) is 11.2. The lowest BCUT2D eigenvalue weighted by Gasteiger charge is -2.28. The maximum atomic E-state index is 13.8. The molecule has 7 rings (SSSR count). The lowest BCUT2D eigenvalue weighted by Crippen LogP contribution is -2.42. The molecule has 0 radical (unpaired) electrons. The molecule has 2 atom stereocenters. The summed E-state index contributed by atoms with van der Waals surface area (Å²) in [6.45, 7) is 3.83. The van der Waals surface area contributed by atoms with Crippen molar-refractivity contribution >= 4 is 28.7 Å². The molecule has 2 aromatic heterocycles. The Morgan fingerprint density at radius 1 is 1.00 bits per heavy atom. The molecule has 5 aromatic rings. The number of likely N-dealkylation sites (tertiary alicyclic amines) is 1. The number of H-pyrrole nitrogens is 1. The third-order valence-corrected chi connectivity index (χ3v) is 8.46. The number of hydrogen-bond donors (Lipinski definition) is 2. The molecule has 2 amide bonds. The number of hydrogen-bond acceptors (Lipinski definition) is 8. The van der Waals surface area contributed by atoms with E-state index in [0.29, 0.717) is 29.6 Å². The lowest BCUT2D eigenvalue weighted by atomic mass is 10.1. The third-order valence-electron chi connectivity index (χ3n) is 8.46. The highest BCUT2D eigenvalue weighted by Gasteiger charge is 2.37. The maximum absolute atomic E-state index is 13.8. The van der Waals surface area contributed by atoms with Crippen LogP contribution in [0, 0.1) is 0 Å². The van der Waals surface area contributed by atoms with Crippen LogP contribution in [0.1, 0.15) is 36.3 Å². The number of carbonyl (C=O) groups is 2. The zero-order chi connectivity index (χ0) is 30.8. The van der Waals surface area contributed by atoms with Crippen molar-refractivity contribution in [2.75, 3.05) is 44.9 Å². The minimum atomic E-state index is -0.870. The third kappa shape index (κ3) is 5.86. The van der Waals surface area contributed by atoms with E-state index in [-0.39, 0.29) is 11.9 Å². The van der Waals surface area contributed by atoms with Gasteiger partial charge in [0.25, 0.3) is 5.91 Å². The fraction of sp³-hybridized carbons (Fsp3) is 0.294. The molecular weight excluding hydrogens is 572 g/mol. The summed E-state index contributed by atoms with van der Waals surface area (Å²) in [6.07, 6.45) is 2.66. The molecule has 2 N–H and O–H groups in total. The quantitative estimate of drug-likeness (QED) is 0.249. The Balaban J connectivity index is 1.10. The summed E-state index contributed by atoms with van der Waals surface area (Å²) in [7, 11) is 1.28. The van der Waals surface area contributed by atoms with E-state index in [1.165, 1.54) is 12.8 Å². The predicted octanol–water partition coefficient (Wildman–Crippen LogP) is 5.48. The molecule has 0 bridgehead atoms. The van der Waals surface area contributed by atoms with Crippen molar-refractivity contribution in [2.45, 2.75) is 24.9 Å². The SMILES string of the molecule is COC(=O)N[C@@H](C(=O)N1CCC[C@H]1c1nc2ccc(-c3ncc(-c4ccc(N5CCOCC5)cc4)o3)cc2[nH]1)c1ccccc1.